The van der Waals surface area contributed by atoms with Gasteiger partial charge in [-0.05, 0) is 36.5 Å². The highest BCUT2D eigenvalue weighted by molar-refractivity contribution is 6.30. The molecule has 0 aliphatic heterocycles. The molecule has 25 heavy (non-hydrogen) atoms. The fourth-order valence-corrected chi connectivity index (χ4v) is 3.56. The van der Waals surface area contributed by atoms with Crippen LogP contribution < -0.4 is 0 Å². The van der Waals surface area contributed by atoms with Crippen molar-refractivity contribution in [1.82, 2.24) is 15.2 Å². The molecule has 1 aliphatic carbocycles. The van der Waals surface area contributed by atoms with Crippen molar-refractivity contribution in [3.05, 3.63) is 46.1 Å². The Morgan fingerprint density at radius 3 is 2.64 bits per heavy atom. The van der Waals surface area contributed by atoms with E-state index >= 15 is 0 Å². The quantitative estimate of drug-likeness (QED) is 0.679. The normalized spacial score (nSPS) is 14.7. The average molecular weight is 351 g/mol. The van der Waals surface area contributed by atoms with E-state index in [0.717, 1.165) is 40.7 Å². The van der Waals surface area contributed by atoms with Gasteiger partial charge in [0.05, 0.1) is 22.3 Å². The largest absolute Gasteiger partial charge is 0.275 e. The monoisotopic (exact) mass is 350 g/mol. The molecule has 4 rings (SSSR count). The molecule has 1 saturated carbocycles. The molecule has 0 unspecified atom stereocenters. The van der Waals surface area contributed by atoms with Gasteiger partial charge in [0.1, 0.15) is 6.07 Å². The summed E-state index contributed by atoms with van der Waals surface area (Å²) >= 11 is 6.17. The molecular formula is C20H19ClN4. The molecule has 1 aromatic carbocycles. The maximum atomic E-state index is 9.90. The van der Waals surface area contributed by atoms with Crippen molar-refractivity contribution in [2.24, 2.45) is 0 Å². The van der Waals surface area contributed by atoms with Crippen molar-refractivity contribution in [1.29, 1.82) is 5.26 Å². The van der Waals surface area contributed by atoms with Gasteiger partial charge in [-0.2, -0.15) is 10.4 Å². The minimum atomic E-state index is -0.210. The molecule has 1 fully saturated rings. The van der Waals surface area contributed by atoms with Crippen molar-refractivity contribution < 1.29 is 0 Å². The van der Waals surface area contributed by atoms with Gasteiger partial charge in [-0.3, -0.25) is 5.10 Å². The van der Waals surface area contributed by atoms with Crippen LogP contribution in [0.4, 0.5) is 0 Å². The molecule has 2 heterocycles. The van der Waals surface area contributed by atoms with Gasteiger partial charge in [-0.25, -0.2) is 4.98 Å². The van der Waals surface area contributed by atoms with Crippen LogP contribution in [0.2, 0.25) is 5.02 Å². The molecule has 3 aromatic rings. The lowest BCUT2D eigenvalue weighted by Crippen LogP contribution is -2.17. The van der Waals surface area contributed by atoms with Crippen molar-refractivity contribution in [2.75, 3.05) is 0 Å². The first kappa shape index (κ1) is 16.1. The number of nitriles is 1. The number of pyridine rings is 1. The van der Waals surface area contributed by atoms with E-state index in [1.807, 2.05) is 24.3 Å². The Hall–Kier alpha value is -2.38. The van der Waals surface area contributed by atoms with E-state index in [2.05, 4.69) is 37.0 Å². The summed E-state index contributed by atoms with van der Waals surface area (Å²) in [6.07, 6.45) is 2.22. The third-order valence-corrected chi connectivity index (χ3v) is 4.90. The molecule has 1 N–H and O–H groups in total. The SMILES string of the molecule is CC(C)(C)c1nc2n[nH]c(-c3cccc(Cl)c3)c2c(C2CC2)c1C#N. The third kappa shape index (κ3) is 2.69. The highest BCUT2D eigenvalue weighted by Crippen LogP contribution is 2.48. The summed E-state index contributed by atoms with van der Waals surface area (Å²) in [5.74, 6) is 0.414. The molecule has 4 nitrogen and oxygen atoms in total. The summed E-state index contributed by atoms with van der Waals surface area (Å²) in [4.78, 5) is 4.76. The predicted molar refractivity (Wildman–Crippen MR) is 99.7 cm³/mol. The zero-order valence-corrected chi connectivity index (χ0v) is 15.3. The zero-order valence-electron chi connectivity index (χ0n) is 14.5. The fourth-order valence-electron chi connectivity index (χ4n) is 3.37. The molecule has 0 bridgehead atoms. The van der Waals surface area contributed by atoms with Gasteiger partial charge in [-0.1, -0.05) is 44.5 Å². The molecule has 5 heteroatoms. The maximum Gasteiger partial charge on any atom is 0.182 e. The van der Waals surface area contributed by atoms with Gasteiger partial charge < -0.3 is 0 Å². The van der Waals surface area contributed by atoms with E-state index in [-0.39, 0.29) is 5.41 Å². The summed E-state index contributed by atoms with van der Waals surface area (Å²) in [6.45, 7) is 6.26. The molecule has 0 amide bonds. The standard InChI is InChI=1S/C20H19ClN4/c1-20(2,3)18-14(10-22)15(11-7-8-11)16-17(24-25-19(16)23-18)12-5-4-6-13(21)9-12/h4-6,9,11H,7-8H2,1-3H3,(H,23,24,25). The number of aromatic amines is 1. The van der Waals surface area contributed by atoms with Crippen molar-refractivity contribution in [2.45, 2.75) is 44.9 Å². The van der Waals surface area contributed by atoms with Gasteiger partial charge in [0.15, 0.2) is 5.65 Å². The number of hydrogen-bond acceptors (Lipinski definition) is 3. The van der Waals surface area contributed by atoms with Crippen LogP contribution >= 0.6 is 11.6 Å². The smallest absolute Gasteiger partial charge is 0.182 e. The molecule has 0 saturated heterocycles. The molecule has 0 spiro atoms. The number of aromatic nitrogens is 3. The number of fused-ring (bicyclic) bond motifs is 1. The lowest BCUT2D eigenvalue weighted by Gasteiger charge is -2.21. The van der Waals surface area contributed by atoms with Gasteiger partial charge >= 0.3 is 0 Å². The summed E-state index contributed by atoms with van der Waals surface area (Å²) in [5.41, 5.74) is 4.97. The van der Waals surface area contributed by atoms with Gasteiger partial charge in [-0.15, -0.1) is 0 Å². The summed E-state index contributed by atoms with van der Waals surface area (Å²) in [5, 5.41) is 19.1. The van der Waals surface area contributed by atoms with E-state index in [4.69, 9.17) is 16.6 Å². The van der Waals surface area contributed by atoms with Crippen LogP contribution in [-0.2, 0) is 5.41 Å². The first-order valence-corrected chi connectivity index (χ1v) is 8.86. The molecule has 126 valence electrons. The minimum Gasteiger partial charge on any atom is -0.275 e. The highest BCUT2D eigenvalue weighted by Gasteiger charge is 2.34. The Kier molecular flexibility index (Phi) is 3.59. The second-order valence-electron chi connectivity index (χ2n) is 7.69. The van der Waals surface area contributed by atoms with Crippen LogP contribution in [0.5, 0.6) is 0 Å². The van der Waals surface area contributed by atoms with Crippen LogP contribution in [0.3, 0.4) is 0 Å². The fraction of sp³-hybridized carbons (Fsp3) is 0.350. The van der Waals surface area contributed by atoms with Crippen LogP contribution in [-0.4, -0.2) is 15.2 Å². The molecule has 0 atom stereocenters. The number of rotatable bonds is 2. The van der Waals surface area contributed by atoms with Gasteiger partial charge in [0.2, 0.25) is 0 Å². The van der Waals surface area contributed by atoms with Crippen molar-refractivity contribution in [3.8, 4) is 17.3 Å². The van der Waals surface area contributed by atoms with E-state index < -0.39 is 0 Å². The number of halogens is 1. The summed E-state index contributed by atoms with van der Waals surface area (Å²) < 4.78 is 0. The maximum absolute atomic E-state index is 9.90. The van der Waals surface area contributed by atoms with E-state index in [9.17, 15) is 5.26 Å². The number of nitrogens with zero attached hydrogens (tertiary/aromatic N) is 3. The number of H-pyrrole nitrogens is 1. The first-order valence-electron chi connectivity index (χ1n) is 8.48. The topological polar surface area (TPSA) is 65.4 Å². The van der Waals surface area contributed by atoms with Crippen LogP contribution in [0.15, 0.2) is 24.3 Å². The van der Waals surface area contributed by atoms with Crippen molar-refractivity contribution in [3.63, 3.8) is 0 Å². The van der Waals surface area contributed by atoms with Crippen molar-refractivity contribution >= 4 is 22.6 Å². The Balaban J connectivity index is 2.08. The van der Waals surface area contributed by atoms with Gasteiger partial charge in [0, 0.05) is 16.0 Å². The summed E-state index contributed by atoms with van der Waals surface area (Å²) in [6, 6.07) is 10.1. The minimum absolute atomic E-state index is 0.210. The Morgan fingerprint density at radius 1 is 1.28 bits per heavy atom. The lowest BCUT2D eigenvalue weighted by molar-refractivity contribution is 0.568. The Morgan fingerprint density at radius 2 is 2.04 bits per heavy atom. The van der Waals surface area contributed by atoms with Gasteiger partial charge in [0.25, 0.3) is 0 Å². The predicted octanol–water partition coefficient (Wildman–Crippen LogP) is 5.32. The number of nitrogens with one attached hydrogen (secondary N) is 1. The average Bonchev–Trinajstić information content (AvgIpc) is 3.30. The highest BCUT2D eigenvalue weighted by atomic mass is 35.5. The molecule has 1 aliphatic rings. The molecular weight excluding hydrogens is 332 g/mol. The second kappa shape index (κ2) is 5.57. The van der Waals surface area contributed by atoms with E-state index in [1.165, 1.54) is 0 Å². The van der Waals surface area contributed by atoms with Crippen LogP contribution in [0.1, 0.15) is 56.4 Å². The Labute approximate surface area is 151 Å². The Bertz CT molecular complexity index is 1020. The number of hydrogen-bond donors (Lipinski definition) is 1. The zero-order chi connectivity index (χ0) is 17.8. The number of benzene rings is 1. The first-order chi connectivity index (χ1) is 11.9. The molecule has 2 aromatic heterocycles. The van der Waals surface area contributed by atoms with E-state index in [1.54, 1.807) is 0 Å². The van der Waals surface area contributed by atoms with E-state index in [0.29, 0.717) is 22.2 Å². The van der Waals surface area contributed by atoms with Crippen LogP contribution in [0, 0.1) is 11.3 Å². The second-order valence-corrected chi connectivity index (χ2v) is 8.13. The van der Waals surface area contributed by atoms with Crippen LogP contribution in [0.25, 0.3) is 22.3 Å². The molecule has 0 radical (unpaired) electrons. The third-order valence-electron chi connectivity index (χ3n) is 4.66. The lowest BCUT2D eigenvalue weighted by atomic mass is 9.85. The summed E-state index contributed by atoms with van der Waals surface area (Å²) in [7, 11) is 0.